The molecule has 9 nitrogen and oxygen atoms in total. The summed E-state index contributed by atoms with van der Waals surface area (Å²) in [4.78, 5) is 31.9. The molecule has 0 radical (unpaired) electrons. The highest BCUT2D eigenvalue weighted by atomic mass is 19.1. The Morgan fingerprint density at radius 2 is 2.00 bits per heavy atom. The number of urea groups is 1. The van der Waals surface area contributed by atoms with Crippen molar-refractivity contribution in [2.75, 3.05) is 51.1 Å². The Bertz CT molecular complexity index is 940. The second-order valence-electron chi connectivity index (χ2n) is 7.54. The molecule has 172 valence electrons. The standard InChI is InChI=1S/C22H28FN5O4/c1-15-7-8-17(11-24-15)25-21(29)26-19-6-4-5-16(20(19)23)12-27-9-10-28(22(30)32-3)13-18(27)14-31-2/h4-8,11,18H,9-10,12-14H2,1-3H3,(H2,25,26,29)/t18-/m0/s1. The molecular formula is C22H28FN5O4. The van der Waals surface area contributed by atoms with E-state index in [1.165, 1.54) is 19.4 Å². The fraction of sp³-hybridized carbons (Fsp3) is 0.409. The smallest absolute Gasteiger partial charge is 0.409 e. The van der Waals surface area contributed by atoms with Gasteiger partial charge in [0.1, 0.15) is 0 Å². The summed E-state index contributed by atoms with van der Waals surface area (Å²) in [5.41, 5.74) is 1.86. The number of ether oxygens (including phenoxy) is 2. The quantitative estimate of drug-likeness (QED) is 0.710. The second kappa shape index (κ2) is 10.9. The summed E-state index contributed by atoms with van der Waals surface area (Å²) in [7, 11) is 2.93. The van der Waals surface area contributed by atoms with Gasteiger partial charge in [0.2, 0.25) is 0 Å². The average molecular weight is 445 g/mol. The van der Waals surface area contributed by atoms with Crippen molar-refractivity contribution in [2.24, 2.45) is 0 Å². The van der Waals surface area contributed by atoms with E-state index in [0.717, 1.165) is 5.69 Å². The van der Waals surface area contributed by atoms with Crippen LogP contribution in [-0.4, -0.2) is 73.4 Å². The Morgan fingerprint density at radius 1 is 1.19 bits per heavy atom. The van der Waals surface area contributed by atoms with Gasteiger partial charge in [0.25, 0.3) is 0 Å². The van der Waals surface area contributed by atoms with E-state index < -0.39 is 17.9 Å². The largest absolute Gasteiger partial charge is 0.453 e. The fourth-order valence-electron chi connectivity index (χ4n) is 3.59. The van der Waals surface area contributed by atoms with E-state index in [9.17, 15) is 9.59 Å². The molecule has 0 saturated carbocycles. The number of carbonyl (C=O) groups excluding carboxylic acids is 2. The Balaban J connectivity index is 1.67. The molecule has 1 saturated heterocycles. The van der Waals surface area contributed by atoms with Gasteiger partial charge in [0, 0.05) is 44.5 Å². The lowest BCUT2D eigenvalue weighted by Gasteiger charge is -2.40. The van der Waals surface area contributed by atoms with Crippen LogP contribution in [0, 0.1) is 12.7 Å². The van der Waals surface area contributed by atoms with Gasteiger partial charge in [0.15, 0.2) is 5.82 Å². The Kier molecular flexibility index (Phi) is 7.96. The normalized spacial score (nSPS) is 16.5. The maximum Gasteiger partial charge on any atom is 0.409 e. The van der Waals surface area contributed by atoms with Crippen LogP contribution in [0.5, 0.6) is 0 Å². The van der Waals surface area contributed by atoms with Gasteiger partial charge < -0.3 is 25.0 Å². The number of amides is 3. The molecule has 2 heterocycles. The molecule has 0 aliphatic carbocycles. The lowest BCUT2D eigenvalue weighted by Crippen LogP contribution is -2.55. The molecule has 1 aliphatic heterocycles. The Hall–Kier alpha value is -3.24. The van der Waals surface area contributed by atoms with Gasteiger partial charge in [-0.05, 0) is 25.1 Å². The van der Waals surface area contributed by atoms with Gasteiger partial charge in [0.05, 0.1) is 37.3 Å². The maximum atomic E-state index is 15.2. The molecule has 0 unspecified atom stereocenters. The van der Waals surface area contributed by atoms with Gasteiger partial charge in [-0.25, -0.2) is 14.0 Å². The first-order chi connectivity index (χ1) is 15.4. The van der Waals surface area contributed by atoms with Gasteiger partial charge in [-0.1, -0.05) is 12.1 Å². The van der Waals surface area contributed by atoms with Crippen LogP contribution in [0.1, 0.15) is 11.3 Å². The van der Waals surface area contributed by atoms with E-state index in [0.29, 0.717) is 44.0 Å². The molecule has 1 aromatic heterocycles. The highest BCUT2D eigenvalue weighted by Gasteiger charge is 2.30. The molecule has 32 heavy (non-hydrogen) atoms. The third-order valence-corrected chi connectivity index (χ3v) is 5.27. The zero-order valence-electron chi connectivity index (χ0n) is 18.4. The Labute approximate surface area is 186 Å². The van der Waals surface area contributed by atoms with Gasteiger partial charge in [-0.3, -0.25) is 9.88 Å². The summed E-state index contributed by atoms with van der Waals surface area (Å²) >= 11 is 0. The third kappa shape index (κ3) is 5.92. The van der Waals surface area contributed by atoms with Gasteiger partial charge in [-0.2, -0.15) is 0 Å². The van der Waals surface area contributed by atoms with Crippen molar-refractivity contribution in [1.29, 1.82) is 0 Å². The summed E-state index contributed by atoms with van der Waals surface area (Å²) < 4.78 is 25.3. The number of carbonyl (C=O) groups is 2. The Morgan fingerprint density at radius 3 is 2.69 bits per heavy atom. The van der Waals surface area contributed by atoms with Gasteiger partial charge in [-0.15, -0.1) is 0 Å². The number of piperazine rings is 1. The number of aryl methyl sites for hydroxylation is 1. The fourth-order valence-corrected chi connectivity index (χ4v) is 3.59. The molecule has 1 aromatic carbocycles. The number of pyridine rings is 1. The second-order valence-corrected chi connectivity index (χ2v) is 7.54. The number of nitrogens with one attached hydrogen (secondary N) is 2. The monoisotopic (exact) mass is 445 g/mol. The number of benzene rings is 1. The van der Waals surface area contributed by atoms with Crippen molar-refractivity contribution in [3.8, 4) is 0 Å². The number of nitrogens with zero attached hydrogens (tertiary/aromatic N) is 3. The highest BCUT2D eigenvalue weighted by Crippen LogP contribution is 2.22. The first-order valence-electron chi connectivity index (χ1n) is 10.2. The molecule has 3 amide bonds. The number of halogens is 1. The van der Waals surface area contributed by atoms with E-state index >= 15 is 4.39 Å². The molecule has 2 aromatic rings. The van der Waals surface area contributed by atoms with Crippen LogP contribution in [0.3, 0.4) is 0 Å². The van der Waals surface area contributed by atoms with E-state index in [1.807, 2.05) is 6.92 Å². The predicted molar refractivity (Wildman–Crippen MR) is 118 cm³/mol. The summed E-state index contributed by atoms with van der Waals surface area (Å²) in [5.74, 6) is -0.503. The van der Waals surface area contributed by atoms with Crippen LogP contribution < -0.4 is 10.6 Å². The zero-order valence-corrected chi connectivity index (χ0v) is 18.4. The predicted octanol–water partition coefficient (Wildman–Crippen LogP) is 3.07. The summed E-state index contributed by atoms with van der Waals surface area (Å²) in [5, 5.41) is 5.19. The minimum absolute atomic E-state index is 0.0801. The first-order valence-corrected chi connectivity index (χ1v) is 10.2. The van der Waals surface area contributed by atoms with Crippen molar-refractivity contribution in [1.82, 2.24) is 14.8 Å². The third-order valence-electron chi connectivity index (χ3n) is 5.27. The van der Waals surface area contributed by atoms with E-state index in [2.05, 4.69) is 20.5 Å². The van der Waals surface area contributed by atoms with Crippen LogP contribution in [-0.2, 0) is 16.0 Å². The molecule has 2 N–H and O–H groups in total. The number of hydrogen-bond donors (Lipinski definition) is 2. The lowest BCUT2D eigenvalue weighted by atomic mass is 10.1. The summed E-state index contributed by atoms with van der Waals surface area (Å²) in [6, 6.07) is 7.70. The topological polar surface area (TPSA) is 96.0 Å². The SMILES string of the molecule is COC[C@@H]1CN(C(=O)OC)CCN1Cc1cccc(NC(=O)Nc2ccc(C)nc2)c1F. The highest BCUT2D eigenvalue weighted by molar-refractivity contribution is 5.99. The molecule has 1 atom stereocenters. The minimum Gasteiger partial charge on any atom is -0.453 e. The van der Waals surface area contributed by atoms with E-state index in [4.69, 9.17) is 9.47 Å². The summed E-state index contributed by atoms with van der Waals surface area (Å²) in [6.07, 6.45) is 1.14. The van der Waals surface area contributed by atoms with Crippen LogP contribution in [0.4, 0.5) is 25.4 Å². The average Bonchev–Trinajstić information content (AvgIpc) is 2.78. The van der Waals surface area contributed by atoms with Crippen molar-refractivity contribution in [2.45, 2.75) is 19.5 Å². The van der Waals surface area contributed by atoms with Crippen molar-refractivity contribution < 1.29 is 23.5 Å². The molecule has 0 bridgehead atoms. The minimum atomic E-state index is -0.560. The molecule has 1 aliphatic rings. The van der Waals surface area contributed by atoms with Crippen molar-refractivity contribution in [3.63, 3.8) is 0 Å². The number of rotatable bonds is 6. The number of aromatic nitrogens is 1. The number of anilines is 2. The number of methoxy groups -OCH3 is 2. The molecule has 0 spiro atoms. The van der Waals surface area contributed by atoms with E-state index in [-0.39, 0.29) is 11.7 Å². The lowest BCUT2D eigenvalue weighted by molar-refractivity contribution is 0.0193. The summed E-state index contributed by atoms with van der Waals surface area (Å²) in [6.45, 7) is 3.98. The maximum absolute atomic E-state index is 15.2. The molecule has 10 heteroatoms. The zero-order chi connectivity index (χ0) is 23.1. The first kappa shape index (κ1) is 23.4. The van der Waals surface area contributed by atoms with Crippen molar-refractivity contribution in [3.05, 3.63) is 53.6 Å². The molecular weight excluding hydrogens is 417 g/mol. The molecule has 1 fully saturated rings. The van der Waals surface area contributed by atoms with E-state index in [1.54, 1.807) is 36.3 Å². The van der Waals surface area contributed by atoms with Gasteiger partial charge >= 0.3 is 12.1 Å². The van der Waals surface area contributed by atoms with Crippen LogP contribution in [0.15, 0.2) is 36.5 Å². The van der Waals surface area contributed by atoms with Crippen LogP contribution in [0.25, 0.3) is 0 Å². The molecule has 3 rings (SSSR count). The van der Waals surface area contributed by atoms with Crippen molar-refractivity contribution >= 4 is 23.5 Å². The number of hydrogen-bond acceptors (Lipinski definition) is 6. The van der Waals surface area contributed by atoms with Crippen LogP contribution in [0.2, 0.25) is 0 Å². The van der Waals surface area contributed by atoms with Crippen LogP contribution >= 0.6 is 0 Å².